The number of hydrogen-bond donors (Lipinski definition) is 0. The largest absolute Gasteiger partial charge is 0.344 e. The van der Waals surface area contributed by atoms with Crippen LogP contribution in [0, 0.1) is 13.8 Å². The maximum Gasteiger partial charge on any atom is 0.0674 e. The van der Waals surface area contributed by atoms with Crippen molar-refractivity contribution in [1.29, 1.82) is 0 Å². The molecule has 0 bridgehead atoms. The van der Waals surface area contributed by atoms with Crippen LogP contribution in [0.5, 0.6) is 0 Å². The predicted molar refractivity (Wildman–Crippen MR) is 126 cm³/mol. The van der Waals surface area contributed by atoms with E-state index in [-0.39, 0.29) is 10.8 Å². The lowest BCUT2D eigenvalue weighted by Crippen LogP contribution is -2.26. The highest BCUT2D eigenvalue weighted by Crippen LogP contribution is 2.48. The molecule has 0 N–H and O–H groups in total. The maximum atomic E-state index is 4.92. The molecule has 0 spiro atoms. The summed E-state index contributed by atoms with van der Waals surface area (Å²) in [6.45, 7) is 16.7. The average molecular weight is 385 g/mol. The Morgan fingerprint density at radius 1 is 0.897 bits per heavy atom. The molecule has 0 fully saturated rings. The van der Waals surface area contributed by atoms with Crippen LogP contribution in [-0.4, -0.2) is 12.3 Å². The van der Waals surface area contributed by atoms with Crippen molar-refractivity contribution in [2.75, 3.05) is 11.4 Å². The van der Waals surface area contributed by atoms with Gasteiger partial charge in [0.05, 0.1) is 11.4 Å². The second-order valence-corrected chi connectivity index (χ2v) is 9.44. The summed E-state index contributed by atoms with van der Waals surface area (Å²) in [5, 5.41) is 0. The molecule has 0 saturated carbocycles. The summed E-state index contributed by atoms with van der Waals surface area (Å²) < 4.78 is 0. The summed E-state index contributed by atoms with van der Waals surface area (Å²) in [7, 11) is 0. The van der Waals surface area contributed by atoms with Gasteiger partial charge >= 0.3 is 0 Å². The first-order valence-corrected chi connectivity index (χ1v) is 10.6. The minimum atomic E-state index is -0.0634. The van der Waals surface area contributed by atoms with Gasteiger partial charge in [-0.15, -0.1) is 0 Å². The van der Waals surface area contributed by atoms with Crippen molar-refractivity contribution in [2.45, 2.75) is 59.3 Å². The van der Waals surface area contributed by atoms with Crippen molar-refractivity contribution in [3.8, 4) is 0 Å². The number of allylic oxidation sites excluding steroid dienone is 4. The summed E-state index contributed by atoms with van der Waals surface area (Å²) >= 11 is 0. The molecule has 29 heavy (non-hydrogen) atoms. The Labute approximate surface area is 175 Å². The van der Waals surface area contributed by atoms with Gasteiger partial charge in [0.1, 0.15) is 0 Å². The Kier molecular flexibility index (Phi) is 4.57. The number of fused-ring (bicyclic) bond motifs is 2. The monoisotopic (exact) mass is 384 g/mol. The second kappa shape index (κ2) is 6.73. The fourth-order valence-electron chi connectivity index (χ4n) is 4.76. The Morgan fingerprint density at radius 3 is 2.24 bits per heavy atom. The average Bonchev–Trinajstić information content (AvgIpc) is 3.03. The lowest BCUT2D eigenvalue weighted by molar-refractivity contribution is 0.633. The van der Waals surface area contributed by atoms with Gasteiger partial charge in [-0.3, -0.25) is 4.99 Å². The Hall–Kier alpha value is -2.61. The molecule has 0 aromatic heterocycles. The molecule has 2 aromatic carbocycles. The van der Waals surface area contributed by atoms with Gasteiger partial charge in [-0.25, -0.2) is 0 Å². The Balaban J connectivity index is 1.68. The van der Waals surface area contributed by atoms with Crippen molar-refractivity contribution < 1.29 is 0 Å². The van der Waals surface area contributed by atoms with Crippen LogP contribution in [0.25, 0.3) is 0 Å². The number of anilines is 1. The molecule has 2 nitrogen and oxygen atoms in total. The van der Waals surface area contributed by atoms with Crippen molar-refractivity contribution in [1.82, 2.24) is 0 Å². The maximum absolute atomic E-state index is 4.92. The zero-order valence-corrected chi connectivity index (χ0v) is 18.8. The van der Waals surface area contributed by atoms with Gasteiger partial charge in [0.25, 0.3) is 0 Å². The number of aliphatic imine (C=N–C) groups is 1. The van der Waals surface area contributed by atoms with E-state index in [1.54, 1.807) is 0 Å². The third-order valence-electron chi connectivity index (χ3n) is 6.58. The van der Waals surface area contributed by atoms with E-state index in [9.17, 15) is 0 Å². The van der Waals surface area contributed by atoms with Crippen molar-refractivity contribution in [3.05, 3.63) is 82.6 Å². The fraction of sp³-hybridized carbons (Fsp3) is 0.370. The highest BCUT2D eigenvalue weighted by molar-refractivity contribution is 6.08. The summed E-state index contributed by atoms with van der Waals surface area (Å²) in [5.41, 5.74) is 10.2. The quantitative estimate of drug-likeness (QED) is 0.560. The number of nitrogens with zero attached hydrogens (tertiary/aromatic N) is 2. The fourth-order valence-corrected chi connectivity index (χ4v) is 4.76. The molecule has 0 aliphatic carbocycles. The number of aryl methyl sites for hydroxylation is 2. The highest BCUT2D eigenvalue weighted by Gasteiger charge is 2.39. The molecule has 2 heterocycles. The Bertz CT molecular complexity index is 1060. The van der Waals surface area contributed by atoms with E-state index in [4.69, 9.17) is 4.99 Å². The third-order valence-corrected chi connectivity index (χ3v) is 6.58. The van der Waals surface area contributed by atoms with Gasteiger partial charge in [0, 0.05) is 28.8 Å². The van der Waals surface area contributed by atoms with Crippen molar-refractivity contribution in [2.24, 2.45) is 4.99 Å². The lowest BCUT2D eigenvalue weighted by atomic mass is 9.80. The van der Waals surface area contributed by atoms with E-state index in [2.05, 4.69) is 108 Å². The number of rotatable bonds is 3. The second-order valence-electron chi connectivity index (χ2n) is 9.44. The molecule has 2 heteroatoms. The van der Waals surface area contributed by atoms with E-state index in [0.29, 0.717) is 0 Å². The first kappa shape index (κ1) is 19.7. The van der Waals surface area contributed by atoms with Gasteiger partial charge in [0.15, 0.2) is 0 Å². The van der Waals surface area contributed by atoms with Crippen molar-refractivity contribution >= 4 is 17.1 Å². The predicted octanol–water partition coefficient (Wildman–Crippen LogP) is 6.92. The molecular formula is C27H32N2. The molecule has 0 amide bonds. The molecule has 2 aromatic rings. The summed E-state index contributed by atoms with van der Waals surface area (Å²) in [5.74, 6) is 0. The minimum Gasteiger partial charge on any atom is -0.344 e. The SMILES string of the molecule is CCN1C(=CC=CC2=Nc3ccc(C)cc3C2(C)C)C(C)(C)c2cc(C)ccc21. The third kappa shape index (κ3) is 3.06. The van der Waals surface area contributed by atoms with Crippen LogP contribution in [0.3, 0.4) is 0 Å². The first-order valence-electron chi connectivity index (χ1n) is 10.6. The van der Waals surface area contributed by atoms with Crippen LogP contribution in [0.1, 0.15) is 56.9 Å². The molecule has 4 rings (SSSR count). The lowest BCUT2D eigenvalue weighted by Gasteiger charge is -2.26. The van der Waals surface area contributed by atoms with Gasteiger partial charge < -0.3 is 4.90 Å². The van der Waals surface area contributed by atoms with Crippen LogP contribution >= 0.6 is 0 Å². The Morgan fingerprint density at radius 2 is 1.55 bits per heavy atom. The topological polar surface area (TPSA) is 15.6 Å². The van der Waals surface area contributed by atoms with Gasteiger partial charge in [0.2, 0.25) is 0 Å². The van der Waals surface area contributed by atoms with Gasteiger partial charge in [-0.1, -0.05) is 69.2 Å². The van der Waals surface area contributed by atoms with Crippen LogP contribution < -0.4 is 4.90 Å². The number of hydrogen-bond acceptors (Lipinski definition) is 2. The zero-order chi connectivity index (χ0) is 21.0. The highest BCUT2D eigenvalue weighted by atomic mass is 15.2. The molecule has 2 aliphatic rings. The van der Waals surface area contributed by atoms with Crippen LogP contribution in [0.15, 0.2) is 65.3 Å². The van der Waals surface area contributed by atoms with Crippen LogP contribution in [-0.2, 0) is 10.8 Å². The standard InChI is InChI=1S/C27H32N2/c1-8-29-23-15-13-19(3)17-21(23)27(6,7)25(29)11-9-10-24-26(4,5)20-16-18(2)12-14-22(20)28-24/h9-17H,8H2,1-7H3. The summed E-state index contributed by atoms with van der Waals surface area (Å²) in [6.07, 6.45) is 6.67. The molecular weight excluding hydrogens is 352 g/mol. The molecule has 0 radical (unpaired) electrons. The zero-order valence-electron chi connectivity index (χ0n) is 18.8. The van der Waals surface area contributed by atoms with Gasteiger partial charge in [-0.2, -0.15) is 0 Å². The van der Waals surface area contributed by atoms with Crippen molar-refractivity contribution in [3.63, 3.8) is 0 Å². The summed E-state index contributed by atoms with van der Waals surface area (Å²) in [6, 6.07) is 13.4. The van der Waals surface area contributed by atoms with E-state index in [1.807, 2.05) is 0 Å². The smallest absolute Gasteiger partial charge is 0.0674 e. The van der Waals surface area contributed by atoms with E-state index >= 15 is 0 Å². The minimum absolute atomic E-state index is 0.00518. The number of benzene rings is 2. The molecule has 0 atom stereocenters. The molecule has 2 aliphatic heterocycles. The van der Waals surface area contributed by atoms with Crippen LogP contribution in [0.2, 0.25) is 0 Å². The molecule has 150 valence electrons. The van der Waals surface area contributed by atoms with E-state index < -0.39 is 0 Å². The molecule has 0 unspecified atom stereocenters. The summed E-state index contributed by atoms with van der Waals surface area (Å²) in [4.78, 5) is 7.37. The number of likely N-dealkylation sites (N-methyl/N-ethyl adjacent to an activating group) is 1. The van der Waals surface area contributed by atoms with Gasteiger partial charge in [-0.05, 0) is 56.2 Å². The van der Waals surface area contributed by atoms with E-state index in [1.165, 1.54) is 33.6 Å². The van der Waals surface area contributed by atoms with Crippen LogP contribution in [0.4, 0.5) is 11.4 Å². The molecule has 0 saturated heterocycles. The normalized spacial score (nSPS) is 20.3. The first-order chi connectivity index (χ1) is 13.7. The van der Waals surface area contributed by atoms with E-state index in [0.717, 1.165) is 17.9 Å².